The van der Waals surface area contributed by atoms with Gasteiger partial charge < -0.3 is 20.5 Å². The topological polar surface area (TPSA) is 114 Å². The van der Waals surface area contributed by atoms with Gasteiger partial charge in [-0.1, -0.05) is 12.1 Å². The molecule has 0 atom stereocenters. The minimum absolute atomic E-state index is 0.0443. The van der Waals surface area contributed by atoms with Gasteiger partial charge in [0.2, 0.25) is 5.88 Å². The second-order valence-electron chi connectivity index (χ2n) is 10.7. The Labute approximate surface area is 225 Å². The normalized spacial score (nSPS) is 13.5. The summed E-state index contributed by atoms with van der Waals surface area (Å²) in [5.41, 5.74) is 4.37. The molecule has 2 aromatic carbocycles. The lowest BCUT2D eigenvalue weighted by atomic mass is 10.0. The molecule has 0 bridgehead atoms. The molecule has 39 heavy (non-hydrogen) atoms. The van der Waals surface area contributed by atoms with Gasteiger partial charge in [0.1, 0.15) is 5.75 Å². The van der Waals surface area contributed by atoms with Gasteiger partial charge >= 0.3 is 0 Å². The first kappa shape index (κ1) is 24.8. The van der Waals surface area contributed by atoms with E-state index >= 15 is 0 Å². The fourth-order valence-corrected chi connectivity index (χ4v) is 4.44. The average molecular weight is 523 g/mol. The molecule has 5 aromatic rings. The zero-order chi connectivity index (χ0) is 27.1. The molecule has 9 heteroatoms. The third-order valence-corrected chi connectivity index (χ3v) is 6.63. The molecule has 1 aliphatic carbocycles. The number of pyridine rings is 1. The number of ether oxygens (including phenoxy) is 1. The number of nitrogens with zero attached hydrogens (tertiary/aromatic N) is 4. The van der Waals surface area contributed by atoms with Crippen molar-refractivity contribution < 1.29 is 14.6 Å². The van der Waals surface area contributed by atoms with E-state index in [4.69, 9.17) is 9.84 Å². The summed E-state index contributed by atoms with van der Waals surface area (Å²) in [6.07, 6.45) is 5.59. The van der Waals surface area contributed by atoms with Crippen molar-refractivity contribution in [2.24, 2.45) is 0 Å². The molecule has 0 radical (unpaired) electrons. The molecule has 9 nitrogen and oxygen atoms in total. The van der Waals surface area contributed by atoms with Gasteiger partial charge in [-0.2, -0.15) is 0 Å². The summed E-state index contributed by atoms with van der Waals surface area (Å²) in [5, 5.41) is 22.4. The van der Waals surface area contributed by atoms with E-state index in [0.717, 1.165) is 40.6 Å². The van der Waals surface area contributed by atoms with Gasteiger partial charge in [0.15, 0.2) is 5.65 Å². The van der Waals surface area contributed by atoms with E-state index in [9.17, 15) is 9.90 Å². The maximum Gasteiger partial charge on any atom is 0.251 e. The first-order valence-electron chi connectivity index (χ1n) is 13.0. The fourth-order valence-electron chi connectivity index (χ4n) is 4.44. The number of benzene rings is 2. The molecular formula is C30H30N6O3. The van der Waals surface area contributed by atoms with Gasteiger partial charge in [0, 0.05) is 41.4 Å². The van der Waals surface area contributed by atoms with Gasteiger partial charge in [-0.25, -0.2) is 9.50 Å². The molecule has 1 fully saturated rings. The molecule has 3 heterocycles. The third-order valence-electron chi connectivity index (χ3n) is 6.63. The lowest BCUT2D eigenvalue weighted by Crippen LogP contribution is -2.29. The maximum absolute atomic E-state index is 12.6. The lowest BCUT2D eigenvalue weighted by Gasteiger charge is -2.19. The summed E-state index contributed by atoms with van der Waals surface area (Å²) in [6, 6.07) is 17.4. The first-order chi connectivity index (χ1) is 18.7. The van der Waals surface area contributed by atoms with E-state index in [1.807, 2.05) is 55.5 Å². The Bertz CT molecular complexity index is 1700. The van der Waals surface area contributed by atoms with Gasteiger partial charge in [-0.3, -0.25) is 9.78 Å². The SMILES string of the molecule is Cc1cc(-c2cnc3c(NCC(C)(C)O)cc(Oc4ccc5ncccc5c4)nn23)ccc1C(=O)NC1CC1. The predicted molar refractivity (Wildman–Crippen MR) is 150 cm³/mol. The number of imidazole rings is 1. The second-order valence-corrected chi connectivity index (χ2v) is 10.7. The van der Waals surface area contributed by atoms with E-state index in [1.54, 1.807) is 36.8 Å². The van der Waals surface area contributed by atoms with E-state index in [2.05, 4.69) is 20.6 Å². The number of aryl methyl sites for hydroxylation is 1. The van der Waals surface area contributed by atoms with Crippen molar-refractivity contribution >= 4 is 28.1 Å². The van der Waals surface area contributed by atoms with Crippen LogP contribution >= 0.6 is 0 Å². The number of carbonyl (C=O) groups excluding carboxylic acids is 1. The van der Waals surface area contributed by atoms with Crippen molar-refractivity contribution in [1.29, 1.82) is 0 Å². The molecule has 0 aliphatic heterocycles. The average Bonchev–Trinajstić information content (AvgIpc) is 3.61. The molecule has 3 N–H and O–H groups in total. The van der Waals surface area contributed by atoms with Crippen LogP contribution in [0.4, 0.5) is 5.69 Å². The van der Waals surface area contributed by atoms with Gasteiger partial charge in [0.25, 0.3) is 5.91 Å². The van der Waals surface area contributed by atoms with E-state index in [0.29, 0.717) is 41.1 Å². The van der Waals surface area contributed by atoms with Gasteiger partial charge in [0.05, 0.1) is 28.7 Å². The fraction of sp³-hybridized carbons (Fsp3) is 0.267. The van der Waals surface area contributed by atoms with Crippen molar-refractivity contribution in [2.75, 3.05) is 11.9 Å². The molecule has 1 amide bonds. The number of fused-ring (bicyclic) bond motifs is 2. The Balaban J connectivity index is 1.39. The minimum Gasteiger partial charge on any atom is -0.437 e. The highest BCUT2D eigenvalue weighted by molar-refractivity contribution is 5.96. The summed E-state index contributed by atoms with van der Waals surface area (Å²) in [4.78, 5) is 21.6. The van der Waals surface area contributed by atoms with Crippen molar-refractivity contribution in [2.45, 2.75) is 45.3 Å². The smallest absolute Gasteiger partial charge is 0.251 e. The predicted octanol–water partition coefficient (Wildman–Crippen LogP) is 5.12. The van der Waals surface area contributed by atoms with Crippen LogP contribution in [0.2, 0.25) is 0 Å². The van der Waals surface area contributed by atoms with Crippen LogP contribution in [0, 0.1) is 6.92 Å². The molecule has 6 rings (SSSR count). The quantitative estimate of drug-likeness (QED) is 0.259. The zero-order valence-corrected chi connectivity index (χ0v) is 22.1. The number of hydrogen-bond acceptors (Lipinski definition) is 7. The summed E-state index contributed by atoms with van der Waals surface area (Å²) in [7, 11) is 0. The standard InChI is InChI=1S/C30H30N6O3/c1-18-13-20(6-10-23(18)29(37)34-21-7-8-21)26-16-32-28-25(33-17-30(2,3)38)15-27(35-36(26)28)39-22-9-11-24-19(14-22)5-4-12-31-24/h4-6,9-16,21,33,38H,7-8,17H2,1-3H3,(H,34,37). The van der Waals surface area contributed by atoms with Crippen LogP contribution < -0.4 is 15.4 Å². The third kappa shape index (κ3) is 5.39. The van der Waals surface area contributed by atoms with Crippen LogP contribution in [0.1, 0.15) is 42.6 Å². The number of hydrogen-bond donors (Lipinski definition) is 3. The van der Waals surface area contributed by atoms with Crippen molar-refractivity contribution in [3.05, 3.63) is 78.1 Å². The van der Waals surface area contributed by atoms with E-state index in [-0.39, 0.29) is 5.91 Å². The number of carbonyl (C=O) groups is 1. The second kappa shape index (κ2) is 9.67. The number of rotatable bonds is 8. The first-order valence-corrected chi connectivity index (χ1v) is 13.0. The Morgan fingerprint density at radius 1 is 1.13 bits per heavy atom. The van der Waals surface area contributed by atoms with Crippen LogP contribution in [0.15, 0.2) is 67.0 Å². The van der Waals surface area contributed by atoms with Crippen LogP contribution in [0.5, 0.6) is 11.6 Å². The zero-order valence-electron chi connectivity index (χ0n) is 22.1. The van der Waals surface area contributed by atoms with Crippen molar-refractivity contribution in [3.8, 4) is 22.9 Å². The van der Waals surface area contributed by atoms with Crippen LogP contribution in [0.3, 0.4) is 0 Å². The highest BCUT2D eigenvalue weighted by atomic mass is 16.5. The van der Waals surface area contributed by atoms with Gasteiger partial charge in [-0.05, 0) is 75.6 Å². The van der Waals surface area contributed by atoms with Crippen LogP contribution in [-0.2, 0) is 0 Å². The van der Waals surface area contributed by atoms with Crippen LogP contribution in [-0.4, -0.2) is 48.8 Å². The minimum atomic E-state index is -0.934. The monoisotopic (exact) mass is 522 g/mol. The number of amides is 1. The molecule has 198 valence electrons. The highest BCUT2D eigenvalue weighted by Gasteiger charge is 2.25. The van der Waals surface area contributed by atoms with Gasteiger partial charge in [-0.15, -0.1) is 5.10 Å². The molecule has 0 saturated heterocycles. The number of nitrogens with one attached hydrogen (secondary N) is 2. The number of aromatic nitrogens is 4. The highest BCUT2D eigenvalue weighted by Crippen LogP contribution is 2.31. The molecular weight excluding hydrogens is 492 g/mol. The van der Waals surface area contributed by atoms with Crippen molar-refractivity contribution in [3.63, 3.8) is 0 Å². The summed E-state index contributed by atoms with van der Waals surface area (Å²) in [6.45, 7) is 5.71. The maximum atomic E-state index is 12.6. The number of aliphatic hydroxyl groups is 1. The Hall–Kier alpha value is -4.50. The number of anilines is 1. The molecule has 1 saturated carbocycles. The molecule has 3 aromatic heterocycles. The van der Waals surface area contributed by atoms with E-state index < -0.39 is 5.60 Å². The summed E-state index contributed by atoms with van der Waals surface area (Å²) < 4.78 is 7.93. The summed E-state index contributed by atoms with van der Waals surface area (Å²) in [5.74, 6) is 0.942. The van der Waals surface area contributed by atoms with Crippen LogP contribution in [0.25, 0.3) is 27.8 Å². The molecule has 0 spiro atoms. The lowest BCUT2D eigenvalue weighted by molar-refractivity contribution is 0.0940. The molecule has 0 unspecified atom stereocenters. The van der Waals surface area contributed by atoms with E-state index in [1.165, 1.54) is 0 Å². The largest absolute Gasteiger partial charge is 0.437 e. The Morgan fingerprint density at radius 2 is 1.97 bits per heavy atom. The Morgan fingerprint density at radius 3 is 2.74 bits per heavy atom. The molecule has 1 aliphatic rings. The Kier molecular flexibility index (Phi) is 6.15. The summed E-state index contributed by atoms with van der Waals surface area (Å²) >= 11 is 0. The van der Waals surface area contributed by atoms with Crippen molar-refractivity contribution in [1.82, 2.24) is 24.9 Å².